The topological polar surface area (TPSA) is 35.5 Å². The van der Waals surface area contributed by atoms with E-state index in [4.69, 9.17) is 9.47 Å². The first-order valence-corrected chi connectivity index (χ1v) is 6.12. The summed E-state index contributed by atoms with van der Waals surface area (Å²) in [5.41, 5.74) is 1.04. The Morgan fingerprint density at radius 3 is 2.65 bits per heavy atom. The zero-order chi connectivity index (χ0) is 11.7. The number of hydrogen-bond donors (Lipinski definition) is 0. The summed E-state index contributed by atoms with van der Waals surface area (Å²) in [4.78, 5) is 11.6. The minimum atomic E-state index is -0.0757. The fourth-order valence-electron chi connectivity index (χ4n) is 2.65. The Labute approximate surface area is 101 Å². The first-order chi connectivity index (χ1) is 8.34. The molecular weight excluding hydrogens is 216 g/mol. The molecule has 2 aliphatic rings. The van der Waals surface area contributed by atoms with Gasteiger partial charge in [-0.25, -0.2) is 0 Å². The van der Waals surface area contributed by atoms with Gasteiger partial charge in [0.1, 0.15) is 6.61 Å². The number of benzene rings is 1. The summed E-state index contributed by atoms with van der Waals surface area (Å²) in [5, 5.41) is 0. The number of rotatable bonds is 4. The minimum absolute atomic E-state index is 0.0757. The van der Waals surface area contributed by atoms with Crippen molar-refractivity contribution in [3.63, 3.8) is 0 Å². The van der Waals surface area contributed by atoms with E-state index in [2.05, 4.69) is 0 Å². The Morgan fingerprint density at radius 1 is 1.24 bits per heavy atom. The van der Waals surface area contributed by atoms with Crippen LogP contribution in [0.25, 0.3) is 0 Å². The maximum Gasteiger partial charge on any atom is 0.306 e. The van der Waals surface area contributed by atoms with Gasteiger partial charge >= 0.3 is 5.97 Å². The van der Waals surface area contributed by atoms with E-state index in [0.29, 0.717) is 30.8 Å². The first kappa shape index (κ1) is 10.8. The van der Waals surface area contributed by atoms with Crippen LogP contribution in [-0.2, 0) is 20.9 Å². The summed E-state index contributed by atoms with van der Waals surface area (Å²) in [6, 6.07) is 9.79. The third kappa shape index (κ3) is 2.34. The molecule has 1 heterocycles. The van der Waals surface area contributed by atoms with Crippen LogP contribution in [0, 0.1) is 17.8 Å². The largest absolute Gasteiger partial charge is 0.461 e. The lowest BCUT2D eigenvalue weighted by Gasteiger charge is -2.06. The molecule has 0 amide bonds. The lowest BCUT2D eigenvalue weighted by atomic mass is 10.2. The van der Waals surface area contributed by atoms with E-state index in [1.165, 1.54) is 0 Å². The van der Waals surface area contributed by atoms with Gasteiger partial charge in [0.2, 0.25) is 0 Å². The fourth-order valence-corrected chi connectivity index (χ4v) is 2.65. The number of ether oxygens (including phenoxy) is 2. The van der Waals surface area contributed by atoms with Crippen LogP contribution in [0.15, 0.2) is 30.3 Å². The Bertz CT molecular complexity index is 391. The molecule has 0 N–H and O–H groups in total. The molecule has 3 rings (SSSR count). The summed E-state index contributed by atoms with van der Waals surface area (Å²) in [6.07, 6.45) is 0.561. The van der Waals surface area contributed by atoms with E-state index in [-0.39, 0.29) is 5.97 Å². The number of hydrogen-bond acceptors (Lipinski definition) is 3. The van der Waals surface area contributed by atoms with Crippen LogP contribution in [0.3, 0.4) is 0 Å². The summed E-state index contributed by atoms with van der Waals surface area (Å²) in [6.45, 7) is 2.06. The SMILES string of the molecule is O=C(CC1[C@H]2COC[C@@H]12)OCc1ccccc1. The molecule has 1 aliphatic heterocycles. The van der Waals surface area contributed by atoms with Crippen molar-refractivity contribution in [1.82, 2.24) is 0 Å². The number of carbonyl (C=O) groups excluding carboxylic acids is 1. The second-order valence-electron chi connectivity index (χ2n) is 4.88. The van der Waals surface area contributed by atoms with Gasteiger partial charge in [0.05, 0.1) is 13.2 Å². The number of carbonyl (C=O) groups is 1. The van der Waals surface area contributed by atoms with Crippen LogP contribution in [0.4, 0.5) is 0 Å². The molecular formula is C14H16O3. The maximum absolute atomic E-state index is 11.6. The van der Waals surface area contributed by atoms with Crippen molar-refractivity contribution in [1.29, 1.82) is 0 Å². The monoisotopic (exact) mass is 232 g/mol. The summed E-state index contributed by atoms with van der Waals surface area (Å²) >= 11 is 0. The Kier molecular flexibility index (Phi) is 2.85. The molecule has 0 bridgehead atoms. The van der Waals surface area contributed by atoms with Gasteiger partial charge in [-0.3, -0.25) is 4.79 Å². The standard InChI is InChI=1S/C14H16O3/c15-14(6-11-12-8-16-9-13(11)12)17-7-10-4-2-1-3-5-10/h1-5,11-13H,6-9H2/t11?,12-,13+. The highest BCUT2D eigenvalue weighted by molar-refractivity contribution is 5.70. The molecule has 90 valence electrons. The third-order valence-corrected chi connectivity index (χ3v) is 3.77. The molecule has 1 saturated heterocycles. The zero-order valence-electron chi connectivity index (χ0n) is 9.67. The molecule has 2 fully saturated rings. The Hall–Kier alpha value is -1.35. The van der Waals surface area contributed by atoms with Crippen molar-refractivity contribution in [3.8, 4) is 0 Å². The van der Waals surface area contributed by atoms with E-state index in [1.54, 1.807) is 0 Å². The number of esters is 1. The average molecular weight is 232 g/mol. The van der Waals surface area contributed by atoms with E-state index >= 15 is 0 Å². The highest BCUT2D eigenvalue weighted by atomic mass is 16.5. The van der Waals surface area contributed by atoms with Crippen molar-refractivity contribution in [2.75, 3.05) is 13.2 Å². The highest BCUT2D eigenvalue weighted by Crippen LogP contribution is 2.52. The van der Waals surface area contributed by atoms with Crippen LogP contribution >= 0.6 is 0 Å². The quantitative estimate of drug-likeness (QED) is 0.745. The predicted octanol–water partition coefficient (Wildman–Crippen LogP) is 2.01. The molecule has 17 heavy (non-hydrogen) atoms. The summed E-state index contributed by atoms with van der Waals surface area (Å²) in [7, 11) is 0. The van der Waals surface area contributed by atoms with Gasteiger partial charge in [-0.1, -0.05) is 30.3 Å². The molecule has 0 aromatic heterocycles. The average Bonchev–Trinajstić information content (AvgIpc) is 2.79. The highest BCUT2D eigenvalue weighted by Gasteiger charge is 2.54. The second kappa shape index (κ2) is 4.49. The zero-order valence-corrected chi connectivity index (χ0v) is 9.67. The van der Waals surface area contributed by atoms with E-state index < -0.39 is 0 Å². The normalized spacial score (nSPS) is 29.8. The second-order valence-corrected chi connectivity index (χ2v) is 4.88. The maximum atomic E-state index is 11.6. The number of fused-ring (bicyclic) bond motifs is 1. The van der Waals surface area contributed by atoms with Crippen LogP contribution < -0.4 is 0 Å². The van der Waals surface area contributed by atoms with Gasteiger partial charge in [-0.05, 0) is 23.3 Å². The van der Waals surface area contributed by atoms with Crippen LogP contribution in [0.1, 0.15) is 12.0 Å². The van der Waals surface area contributed by atoms with Gasteiger partial charge in [-0.2, -0.15) is 0 Å². The third-order valence-electron chi connectivity index (χ3n) is 3.77. The van der Waals surface area contributed by atoms with Gasteiger partial charge < -0.3 is 9.47 Å². The predicted molar refractivity (Wildman–Crippen MR) is 62.1 cm³/mol. The molecule has 0 spiro atoms. The molecule has 3 nitrogen and oxygen atoms in total. The van der Waals surface area contributed by atoms with Crippen molar-refractivity contribution in [2.24, 2.45) is 17.8 Å². The molecule has 1 aromatic carbocycles. The van der Waals surface area contributed by atoms with Gasteiger partial charge in [-0.15, -0.1) is 0 Å². The van der Waals surface area contributed by atoms with Gasteiger partial charge in [0.25, 0.3) is 0 Å². The lowest BCUT2D eigenvalue weighted by molar-refractivity contribution is -0.145. The van der Waals surface area contributed by atoms with Crippen molar-refractivity contribution in [3.05, 3.63) is 35.9 Å². The molecule has 1 saturated carbocycles. The minimum Gasteiger partial charge on any atom is -0.461 e. The van der Waals surface area contributed by atoms with Crippen LogP contribution in [-0.4, -0.2) is 19.2 Å². The van der Waals surface area contributed by atoms with Crippen molar-refractivity contribution < 1.29 is 14.3 Å². The molecule has 1 aromatic rings. The van der Waals surface area contributed by atoms with Crippen molar-refractivity contribution >= 4 is 5.97 Å². The van der Waals surface area contributed by atoms with Crippen LogP contribution in [0.5, 0.6) is 0 Å². The fraction of sp³-hybridized carbons (Fsp3) is 0.500. The smallest absolute Gasteiger partial charge is 0.306 e. The van der Waals surface area contributed by atoms with E-state index in [9.17, 15) is 4.79 Å². The molecule has 1 unspecified atom stereocenters. The van der Waals surface area contributed by atoms with Gasteiger partial charge in [0.15, 0.2) is 0 Å². The summed E-state index contributed by atoms with van der Waals surface area (Å²) in [5.74, 6) is 1.69. The Morgan fingerprint density at radius 2 is 1.94 bits per heavy atom. The van der Waals surface area contributed by atoms with E-state index in [0.717, 1.165) is 18.8 Å². The molecule has 0 radical (unpaired) electrons. The lowest BCUT2D eigenvalue weighted by Crippen LogP contribution is -2.09. The molecule has 3 atom stereocenters. The first-order valence-electron chi connectivity index (χ1n) is 6.12. The van der Waals surface area contributed by atoms with Crippen molar-refractivity contribution in [2.45, 2.75) is 13.0 Å². The van der Waals surface area contributed by atoms with Crippen LogP contribution in [0.2, 0.25) is 0 Å². The Balaban J connectivity index is 1.42. The van der Waals surface area contributed by atoms with Gasteiger partial charge in [0, 0.05) is 6.42 Å². The summed E-state index contributed by atoms with van der Waals surface area (Å²) < 4.78 is 10.6. The molecule has 3 heteroatoms. The molecule has 1 aliphatic carbocycles. The van der Waals surface area contributed by atoms with E-state index in [1.807, 2.05) is 30.3 Å².